The summed E-state index contributed by atoms with van der Waals surface area (Å²) in [5.41, 5.74) is -0.739. The van der Waals surface area contributed by atoms with Crippen molar-refractivity contribution >= 4 is 17.9 Å². The standard InChI is InChI=1S/C16H23N5O3/c1-11(2)10-21-15(23)19-13(22)16(21)5-8-20(9-6-16)14-17-7-4-12(18-14)24-3/h4,7,11H,5-6,8-10H2,1-3H3,(H,19,22,23). The molecule has 0 aliphatic carbocycles. The van der Waals surface area contributed by atoms with Gasteiger partial charge in [0, 0.05) is 31.9 Å². The van der Waals surface area contributed by atoms with Crippen molar-refractivity contribution in [2.75, 3.05) is 31.6 Å². The monoisotopic (exact) mass is 333 g/mol. The number of imide groups is 1. The van der Waals surface area contributed by atoms with Crippen molar-refractivity contribution in [3.05, 3.63) is 12.3 Å². The molecular formula is C16H23N5O3. The molecule has 0 atom stereocenters. The third kappa shape index (κ3) is 2.76. The van der Waals surface area contributed by atoms with E-state index in [4.69, 9.17) is 4.74 Å². The first-order valence-electron chi connectivity index (χ1n) is 8.21. The number of nitrogens with one attached hydrogen (secondary N) is 1. The first kappa shape index (κ1) is 16.5. The highest BCUT2D eigenvalue weighted by molar-refractivity contribution is 6.07. The van der Waals surface area contributed by atoms with Crippen molar-refractivity contribution in [3.63, 3.8) is 0 Å². The number of ether oxygens (including phenoxy) is 1. The number of hydrogen-bond acceptors (Lipinski definition) is 6. The average molecular weight is 333 g/mol. The molecule has 3 heterocycles. The number of rotatable bonds is 4. The number of amides is 3. The van der Waals surface area contributed by atoms with Gasteiger partial charge in [-0.25, -0.2) is 9.78 Å². The molecule has 130 valence electrons. The van der Waals surface area contributed by atoms with Crippen molar-refractivity contribution in [2.45, 2.75) is 32.2 Å². The van der Waals surface area contributed by atoms with Crippen LogP contribution in [0.4, 0.5) is 10.7 Å². The molecule has 1 aromatic rings. The van der Waals surface area contributed by atoms with Crippen molar-refractivity contribution < 1.29 is 14.3 Å². The molecule has 1 spiro atoms. The van der Waals surface area contributed by atoms with Crippen molar-refractivity contribution in [3.8, 4) is 5.88 Å². The molecule has 0 saturated carbocycles. The second-order valence-corrected chi connectivity index (χ2v) is 6.68. The fourth-order valence-electron chi connectivity index (χ4n) is 3.39. The maximum absolute atomic E-state index is 12.5. The van der Waals surface area contributed by atoms with Crippen LogP contribution in [0.25, 0.3) is 0 Å². The molecule has 2 saturated heterocycles. The van der Waals surface area contributed by atoms with Crippen molar-refractivity contribution in [1.29, 1.82) is 0 Å². The van der Waals surface area contributed by atoms with E-state index in [1.807, 2.05) is 18.7 Å². The Balaban J connectivity index is 1.77. The van der Waals surface area contributed by atoms with Gasteiger partial charge in [0.05, 0.1) is 7.11 Å². The fourth-order valence-corrected chi connectivity index (χ4v) is 3.39. The number of anilines is 1. The summed E-state index contributed by atoms with van der Waals surface area (Å²) in [5, 5.41) is 2.48. The van der Waals surface area contributed by atoms with Gasteiger partial charge in [0.25, 0.3) is 5.91 Å². The molecule has 2 aliphatic heterocycles. The molecular weight excluding hydrogens is 310 g/mol. The number of piperidine rings is 1. The Morgan fingerprint density at radius 1 is 1.33 bits per heavy atom. The van der Waals surface area contributed by atoms with Crippen LogP contribution in [0.5, 0.6) is 5.88 Å². The molecule has 8 nitrogen and oxygen atoms in total. The van der Waals surface area contributed by atoms with Crippen molar-refractivity contribution in [2.24, 2.45) is 5.92 Å². The summed E-state index contributed by atoms with van der Waals surface area (Å²) >= 11 is 0. The summed E-state index contributed by atoms with van der Waals surface area (Å²) in [5.74, 6) is 1.22. The lowest BCUT2D eigenvalue weighted by Gasteiger charge is -2.42. The average Bonchev–Trinajstić information content (AvgIpc) is 2.79. The van der Waals surface area contributed by atoms with Gasteiger partial charge in [-0.1, -0.05) is 13.8 Å². The van der Waals surface area contributed by atoms with Crippen LogP contribution < -0.4 is 15.0 Å². The highest BCUT2D eigenvalue weighted by Crippen LogP contribution is 2.34. The fraction of sp³-hybridized carbons (Fsp3) is 0.625. The number of urea groups is 1. The lowest BCUT2D eigenvalue weighted by Crippen LogP contribution is -2.57. The topological polar surface area (TPSA) is 87.7 Å². The predicted molar refractivity (Wildman–Crippen MR) is 87.8 cm³/mol. The zero-order valence-electron chi connectivity index (χ0n) is 14.3. The molecule has 0 aromatic carbocycles. The molecule has 1 N–H and O–H groups in total. The summed E-state index contributed by atoms with van der Waals surface area (Å²) in [6.07, 6.45) is 2.79. The van der Waals surface area contributed by atoms with Crippen LogP contribution in [0.1, 0.15) is 26.7 Å². The SMILES string of the molecule is COc1ccnc(N2CCC3(CC2)C(=O)NC(=O)N3CC(C)C)n1. The van der Waals surface area contributed by atoms with E-state index in [0.29, 0.717) is 50.2 Å². The zero-order chi connectivity index (χ0) is 17.3. The van der Waals surface area contributed by atoms with Crippen LogP contribution >= 0.6 is 0 Å². The first-order valence-corrected chi connectivity index (χ1v) is 8.21. The van der Waals surface area contributed by atoms with Crippen molar-refractivity contribution in [1.82, 2.24) is 20.2 Å². The summed E-state index contributed by atoms with van der Waals surface area (Å²) in [7, 11) is 1.57. The molecule has 0 bridgehead atoms. The number of carbonyl (C=O) groups is 2. The number of methoxy groups -OCH3 is 1. The Morgan fingerprint density at radius 3 is 2.67 bits per heavy atom. The first-order chi connectivity index (χ1) is 11.5. The van der Waals surface area contributed by atoms with Gasteiger partial charge in [0.1, 0.15) is 5.54 Å². The van der Waals surface area contributed by atoms with Gasteiger partial charge in [0.2, 0.25) is 11.8 Å². The second kappa shape index (κ2) is 6.26. The molecule has 8 heteroatoms. The Kier molecular flexibility index (Phi) is 4.29. The Hall–Kier alpha value is -2.38. The van der Waals surface area contributed by atoms with E-state index >= 15 is 0 Å². The molecule has 2 aliphatic rings. The minimum absolute atomic E-state index is 0.181. The van der Waals surface area contributed by atoms with Crippen LogP contribution in [0.2, 0.25) is 0 Å². The van der Waals surface area contributed by atoms with Crippen LogP contribution in [0.15, 0.2) is 12.3 Å². The van der Waals surface area contributed by atoms with Crippen LogP contribution in [-0.2, 0) is 4.79 Å². The number of carbonyl (C=O) groups excluding carboxylic acids is 2. The van der Waals surface area contributed by atoms with E-state index in [1.54, 1.807) is 24.3 Å². The molecule has 3 rings (SSSR count). The molecule has 3 amide bonds. The van der Waals surface area contributed by atoms with E-state index in [9.17, 15) is 9.59 Å². The van der Waals surface area contributed by atoms with Gasteiger partial charge in [-0.3, -0.25) is 10.1 Å². The lowest BCUT2D eigenvalue weighted by molar-refractivity contribution is -0.127. The number of aromatic nitrogens is 2. The summed E-state index contributed by atoms with van der Waals surface area (Å²) < 4.78 is 5.14. The van der Waals surface area contributed by atoms with Gasteiger partial charge < -0.3 is 14.5 Å². The lowest BCUT2D eigenvalue weighted by atomic mass is 9.85. The summed E-state index contributed by atoms with van der Waals surface area (Å²) in [4.78, 5) is 37.0. The minimum Gasteiger partial charge on any atom is -0.481 e. The van der Waals surface area contributed by atoms with E-state index in [2.05, 4.69) is 15.3 Å². The third-order valence-electron chi connectivity index (χ3n) is 4.65. The number of hydrogen-bond donors (Lipinski definition) is 1. The quantitative estimate of drug-likeness (QED) is 0.828. The third-order valence-corrected chi connectivity index (χ3v) is 4.65. The van der Waals surface area contributed by atoms with Gasteiger partial charge in [-0.15, -0.1) is 0 Å². The van der Waals surface area contributed by atoms with Crippen LogP contribution in [-0.4, -0.2) is 59.1 Å². The second-order valence-electron chi connectivity index (χ2n) is 6.68. The molecule has 0 radical (unpaired) electrons. The zero-order valence-corrected chi connectivity index (χ0v) is 14.3. The van der Waals surface area contributed by atoms with E-state index in [0.717, 1.165) is 0 Å². The summed E-state index contributed by atoms with van der Waals surface area (Å²) in [6, 6.07) is 1.42. The minimum atomic E-state index is -0.739. The van der Waals surface area contributed by atoms with Gasteiger partial charge in [0.15, 0.2) is 0 Å². The molecule has 1 aromatic heterocycles. The smallest absolute Gasteiger partial charge is 0.325 e. The molecule has 2 fully saturated rings. The van der Waals surface area contributed by atoms with Crippen LogP contribution in [0, 0.1) is 5.92 Å². The highest BCUT2D eigenvalue weighted by atomic mass is 16.5. The maximum atomic E-state index is 12.5. The Morgan fingerprint density at radius 2 is 2.04 bits per heavy atom. The highest BCUT2D eigenvalue weighted by Gasteiger charge is 2.54. The normalized spacial score (nSPS) is 20.0. The van der Waals surface area contributed by atoms with E-state index < -0.39 is 5.54 Å². The predicted octanol–water partition coefficient (Wildman–Crippen LogP) is 1.03. The summed E-state index contributed by atoms with van der Waals surface area (Å²) in [6.45, 7) is 5.89. The van der Waals surface area contributed by atoms with Crippen LogP contribution in [0.3, 0.4) is 0 Å². The van der Waals surface area contributed by atoms with Gasteiger partial charge >= 0.3 is 6.03 Å². The largest absolute Gasteiger partial charge is 0.481 e. The molecule has 0 unspecified atom stereocenters. The van der Waals surface area contributed by atoms with E-state index in [-0.39, 0.29) is 11.9 Å². The maximum Gasteiger partial charge on any atom is 0.325 e. The Labute approximate surface area is 141 Å². The van der Waals surface area contributed by atoms with E-state index in [1.165, 1.54) is 0 Å². The number of nitrogens with zero attached hydrogens (tertiary/aromatic N) is 4. The van der Waals surface area contributed by atoms with Gasteiger partial charge in [-0.2, -0.15) is 4.98 Å². The Bertz CT molecular complexity index is 640. The molecule has 24 heavy (non-hydrogen) atoms. The van der Waals surface area contributed by atoms with Gasteiger partial charge in [-0.05, 0) is 18.8 Å².